The number of carboxylic acids is 2. The maximum absolute atomic E-state index is 12.3. The highest BCUT2D eigenvalue weighted by atomic mass is 35.5. The van der Waals surface area contributed by atoms with Crippen LogP contribution in [0.2, 0.25) is 5.02 Å². The topological polar surface area (TPSA) is 86.0 Å². The number of aromatic carboxylic acids is 1. The van der Waals surface area contributed by atoms with Gasteiger partial charge in [-0.1, -0.05) is 17.7 Å². The second-order valence-electron chi connectivity index (χ2n) is 7.48. The number of anilines is 1. The Morgan fingerprint density at radius 1 is 1.03 bits per heavy atom. The van der Waals surface area contributed by atoms with Crippen LogP contribution in [0.5, 0.6) is 0 Å². The molecular formula is C22H22ClN3O4. The van der Waals surface area contributed by atoms with Crippen molar-refractivity contribution in [2.24, 2.45) is 7.05 Å². The molecule has 2 aromatic carbocycles. The minimum Gasteiger partial charge on any atom is -0.480 e. The highest BCUT2D eigenvalue weighted by molar-refractivity contribution is 6.30. The third-order valence-electron chi connectivity index (χ3n) is 5.65. The molecule has 2 N–H and O–H groups in total. The number of carbonyl (C=O) groups is 2. The zero-order chi connectivity index (χ0) is 21.4. The molecule has 3 aromatic rings. The number of carboxylic acid groups (broad SMARTS) is 2. The first kappa shape index (κ1) is 20.3. The van der Waals surface area contributed by atoms with Gasteiger partial charge in [-0.15, -0.1) is 0 Å². The maximum Gasteiger partial charge on any atom is 0.335 e. The van der Waals surface area contributed by atoms with E-state index in [4.69, 9.17) is 11.6 Å². The maximum atomic E-state index is 12.3. The Bertz CT molecular complexity index is 1120. The molecule has 0 bridgehead atoms. The van der Waals surface area contributed by atoms with Gasteiger partial charge in [0.2, 0.25) is 0 Å². The standard InChI is InChI=1S/C22H22ClN3O4/c1-24-13-18(17-11-14(21(27)28)5-6-19(17)24)20(22(29)30)26-9-7-25(8-10-26)16-4-2-3-15(23)12-16/h2-6,11-13,20H,7-10H2,1H3,(H,27,28)(H,29,30)/t20-/m0/s1. The van der Waals surface area contributed by atoms with E-state index in [1.165, 1.54) is 6.07 Å². The van der Waals surface area contributed by atoms with Crippen molar-refractivity contribution in [1.82, 2.24) is 9.47 Å². The molecule has 1 aliphatic heterocycles. The molecular weight excluding hydrogens is 406 g/mol. The van der Waals surface area contributed by atoms with E-state index in [2.05, 4.69) is 4.90 Å². The van der Waals surface area contributed by atoms with Crippen LogP contribution in [0.15, 0.2) is 48.7 Å². The lowest BCUT2D eigenvalue weighted by molar-refractivity contribution is -0.143. The molecule has 1 fully saturated rings. The summed E-state index contributed by atoms with van der Waals surface area (Å²) in [4.78, 5) is 27.8. The summed E-state index contributed by atoms with van der Waals surface area (Å²) in [5, 5.41) is 20.7. The molecule has 8 heteroatoms. The summed E-state index contributed by atoms with van der Waals surface area (Å²) in [6.45, 7) is 2.49. The predicted octanol–water partition coefficient (Wildman–Crippen LogP) is 3.48. The number of benzene rings is 2. The minimum atomic E-state index is -1.03. The van der Waals surface area contributed by atoms with E-state index in [1.807, 2.05) is 40.8 Å². The summed E-state index contributed by atoms with van der Waals surface area (Å²) in [6, 6.07) is 11.6. The molecule has 2 heterocycles. The summed E-state index contributed by atoms with van der Waals surface area (Å²) in [5.74, 6) is -1.98. The van der Waals surface area contributed by atoms with Gasteiger partial charge in [0.25, 0.3) is 0 Å². The SMILES string of the molecule is Cn1cc([C@@H](C(=O)O)N2CCN(c3cccc(Cl)c3)CC2)c2cc(C(=O)O)ccc21. The second-order valence-corrected chi connectivity index (χ2v) is 7.91. The second kappa shape index (κ2) is 8.01. The van der Waals surface area contributed by atoms with Crippen LogP contribution in [-0.4, -0.2) is 57.8 Å². The van der Waals surface area contributed by atoms with Gasteiger partial charge in [0.05, 0.1) is 5.56 Å². The zero-order valence-electron chi connectivity index (χ0n) is 16.5. The molecule has 0 aliphatic carbocycles. The van der Waals surface area contributed by atoms with Gasteiger partial charge in [0.1, 0.15) is 6.04 Å². The van der Waals surface area contributed by atoms with Gasteiger partial charge in [-0.2, -0.15) is 0 Å². The Kier molecular flexibility index (Phi) is 5.40. The highest BCUT2D eigenvalue weighted by Gasteiger charge is 2.32. The Hall–Kier alpha value is -3.03. The van der Waals surface area contributed by atoms with E-state index < -0.39 is 18.0 Å². The Morgan fingerprint density at radius 3 is 2.40 bits per heavy atom. The molecule has 0 saturated carbocycles. The van der Waals surface area contributed by atoms with Crippen molar-refractivity contribution in [2.75, 3.05) is 31.1 Å². The molecule has 1 atom stereocenters. The molecule has 0 spiro atoms. The summed E-state index contributed by atoms with van der Waals surface area (Å²) in [6.07, 6.45) is 1.79. The van der Waals surface area contributed by atoms with Crippen LogP contribution < -0.4 is 4.90 Å². The fraction of sp³-hybridized carbons (Fsp3) is 0.273. The van der Waals surface area contributed by atoms with Crippen LogP contribution in [0.4, 0.5) is 5.69 Å². The van der Waals surface area contributed by atoms with E-state index in [0.29, 0.717) is 42.2 Å². The quantitative estimate of drug-likeness (QED) is 0.648. The number of aromatic nitrogens is 1. The first-order chi connectivity index (χ1) is 14.3. The fourth-order valence-electron chi connectivity index (χ4n) is 4.17. The van der Waals surface area contributed by atoms with E-state index in [-0.39, 0.29) is 5.56 Å². The number of aliphatic carboxylic acids is 1. The molecule has 0 unspecified atom stereocenters. The monoisotopic (exact) mass is 427 g/mol. The van der Waals surface area contributed by atoms with Crippen LogP contribution in [0.1, 0.15) is 22.0 Å². The highest BCUT2D eigenvalue weighted by Crippen LogP contribution is 2.32. The average Bonchev–Trinajstić information content (AvgIpc) is 3.04. The number of rotatable bonds is 5. The summed E-state index contributed by atoms with van der Waals surface area (Å²) < 4.78 is 1.84. The van der Waals surface area contributed by atoms with Gasteiger partial charge in [0, 0.05) is 66.6 Å². The average molecular weight is 428 g/mol. The van der Waals surface area contributed by atoms with E-state index in [0.717, 1.165) is 11.2 Å². The number of hydrogen-bond donors (Lipinski definition) is 2. The molecule has 0 radical (unpaired) electrons. The number of piperazine rings is 1. The van der Waals surface area contributed by atoms with Crippen molar-refractivity contribution in [2.45, 2.75) is 6.04 Å². The molecule has 1 aromatic heterocycles. The van der Waals surface area contributed by atoms with Crippen LogP contribution in [0.25, 0.3) is 10.9 Å². The Balaban J connectivity index is 1.63. The van der Waals surface area contributed by atoms with Crippen molar-refractivity contribution >= 4 is 40.1 Å². The molecule has 4 rings (SSSR count). The van der Waals surface area contributed by atoms with Gasteiger partial charge < -0.3 is 19.7 Å². The first-order valence-electron chi connectivity index (χ1n) is 9.65. The van der Waals surface area contributed by atoms with Gasteiger partial charge in [0.15, 0.2) is 0 Å². The van der Waals surface area contributed by atoms with Crippen molar-refractivity contribution in [1.29, 1.82) is 0 Å². The molecule has 0 amide bonds. The Morgan fingerprint density at radius 2 is 1.77 bits per heavy atom. The van der Waals surface area contributed by atoms with Crippen molar-refractivity contribution in [3.8, 4) is 0 Å². The molecule has 7 nitrogen and oxygen atoms in total. The number of hydrogen-bond acceptors (Lipinski definition) is 4. The molecule has 1 aliphatic rings. The number of halogens is 1. The van der Waals surface area contributed by atoms with Crippen molar-refractivity contribution < 1.29 is 19.8 Å². The molecule has 1 saturated heterocycles. The smallest absolute Gasteiger partial charge is 0.335 e. The summed E-state index contributed by atoms with van der Waals surface area (Å²) in [7, 11) is 1.84. The summed E-state index contributed by atoms with van der Waals surface area (Å²) >= 11 is 6.10. The van der Waals surface area contributed by atoms with E-state index in [1.54, 1.807) is 18.3 Å². The third-order valence-corrected chi connectivity index (χ3v) is 5.88. The number of aryl methyl sites for hydroxylation is 1. The lowest BCUT2D eigenvalue weighted by Crippen LogP contribution is -2.49. The number of fused-ring (bicyclic) bond motifs is 1. The van der Waals surface area contributed by atoms with Crippen LogP contribution >= 0.6 is 11.6 Å². The lowest BCUT2D eigenvalue weighted by atomic mass is 10.0. The Labute approximate surface area is 178 Å². The normalized spacial score (nSPS) is 16.0. The van der Waals surface area contributed by atoms with Gasteiger partial charge in [-0.3, -0.25) is 9.69 Å². The largest absolute Gasteiger partial charge is 0.480 e. The zero-order valence-corrected chi connectivity index (χ0v) is 17.2. The van der Waals surface area contributed by atoms with Gasteiger partial charge >= 0.3 is 11.9 Å². The lowest BCUT2D eigenvalue weighted by Gasteiger charge is -2.38. The molecule has 30 heavy (non-hydrogen) atoms. The first-order valence-corrected chi connectivity index (χ1v) is 10.0. The van der Waals surface area contributed by atoms with Crippen LogP contribution in [-0.2, 0) is 11.8 Å². The van der Waals surface area contributed by atoms with Crippen LogP contribution in [0.3, 0.4) is 0 Å². The van der Waals surface area contributed by atoms with Crippen molar-refractivity contribution in [3.05, 3.63) is 64.8 Å². The van der Waals surface area contributed by atoms with Gasteiger partial charge in [-0.05, 0) is 36.4 Å². The third kappa shape index (κ3) is 3.74. The minimum absolute atomic E-state index is 0.143. The number of nitrogens with zero attached hydrogens (tertiary/aromatic N) is 3. The molecule has 156 valence electrons. The predicted molar refractivity (Wildman–Crippen MR) is 115 cm³/mol. The summed E-state index contributed by atoms with van der Waals surface area (Å²) in [5.41, 5.74) is 2.58. The van der Waals surface area contributed by atoms with Gasteiger partial charge in [-0.25, -0.2) is 4.79 Å². The van der Waals surface area contributed by atoms with Crippen molar-refractivity contribution in [3.63, 3.8) is 0 Å². The van der Waals surface area contributed by atoms with Crippen LogP contribution in [0, 0.1) is 0 Å². The van der Waals surface area contributed by atoms with E-state index in [9.17, 15) is 19.8 Å². The fourth-order valence-corrected chi connectivity index (χ4v) is 4.36. The van der Waals surface area contributed by atoms with E-state index >= 15 is 0 Å².